The van der Waals surface area contributed by atoms with Gasteiger partial charge in [0.25, 0.3) is 5.90 Å². The van der Waals surface area contributed by atoms with Crippen LogP contribution >= 0.6 is 0 Å². The molecule has 0 aliphatic carbocycles. The van der Waals surface area contributed by atoms with E-state index in [0.29, 0.717) is 40.9 Å². The van der Waals surface area contributed by atoms with Crippen molar-refractivity contribution in [3.8, 4) is 28.6 Å². The van der Waals surface area contributed by atoms with Crippen LogP contribution in [0.4, 0.5) is 5.69 Å². The minimum atomic E-state index is -0.213. The largest absolute Gasteiger partial charge is 0.493 e. The third kappa shape index (κ3) is 5.30. The van der Waals surface area contributed by atoms with E-state index in [0.717, 1.165) is 12.8 Å². The molecule has 0 saturated heterocycles. The molecule has 0 spiro atoms. The molecule has 0 atom stereocenters. The number of rotatable bonds is 10. The first-order valence-electron chi connectivity index (χ1n) is 11.1. The van der Waals surface area contributed by atoms with Gasteiger partial charge >= 0.3 is 0 Å². The zero-order valence-electron chi connectivity index (χ0n) is 19.7. The van der Waals surface area contributed by atoms with Gasteiger partial charge in [-0.3, -0.25) is 10.2 Å². The van der Waals surface area contributed by atoms with Crippen molar-refractivity contribution in [3.05, 3.63) is 48.3 Å². The van der Waals surface area contributed by atoms with Crippen LogP contribution in [0.25, 0.3) is 11.4 Å². The van der Waals surface area contributed by atoms with Crippen molar-refractivity contribution < 1.29 is 23.7 Å². The number of methoxy groups -OCH3 is 2. The van der Waals surface area contributed by atoms with E-state index in [1.807, 2.05) is 0 Å². The monoisotopic (exact) mass is 478 g/mol. The number of hydrogen-bond donors (Lipinski definition) is 2. The second kappa shape index (κ2) is 10.8. The van der Waals surface area contributed by atoms with Crippen LogP contribution in [0.3, 0.4) is 0 Å². The molecule has 0 saturated carbocycles. The number of nitrogens with one attached hydrogen (secondary N) is 2. The van der Waals surface area contributed by atoms with Gasteiger partial charge in [0.05, 0.1) is 14.2 Å². The summed E-state index contributed by atoms with van der Waals surface area (Å²) in [4.78, 5) is 17.7. The minimum Gasteiger partial charge on any atom is -0.493 e. The van der Waals surface area contributed by atoms with Crippen molar-refractivity contribution in [3.63, 3.8) is 0 Å². The lowest BCUT2D eigenvalue weighted by Gasteiger charge is -2.12. The molecule has 3 aromatic rings. The fourth-order valence-electron chi connectivity index (χ4n) is 3.28. The predicted molar refractivity (Wildman–Crippen MR) is 130 cm³/mol. The summed E-state index contributed by atoms with van der Waals surface area (Å²) in [5, 5.41) is 19.8. The van der Waals surface area contributed by atoms with E-state index >= 15 is 0 Å². The number of anilines is 1. The number of ether oxygens (including phenoxy) is 4. The van der Waals surface area contributed by atoms with Crippen LogP contribution < -0.4 is 19.5 Å². The van der Waals surface area contributed by atoms with Gasteiger partial charge < -0.3 is 24.3 Å². The van der Waals surface area contributed by atoms with Gasteiger partial charge in [0.1, 0.15) is 6.61 Å². The predicted octanol–water partition coefficient (Wildman–Crippen LogP) is 3.34. The zero-order chi connectivity index (χ0) is 24.8. The van der Waals surface area contributed by atoms with Gasteiger partial charge in [-0.2, -0.15) is 0 Å². The van der Waals surface area contributed by atoms with E-state index in [9.17, 15) is 4.79 Å². The highest BCUT2D eigenvalue weighted by Crippen LogP contribution is 2.37. The molecule has 2 aromatic carbocycles. The van der Waals surface area contributed by atoms with Gasteiger partial charge in [0.2, 0.25) is 17.5 Å². The van der Waals surface area contributed by atoms with E-state index in [2.05, 4.69) is 27.4 Å². The Morgan fingerprint density at radius 1 is 1.09 bits per heavy atom. The van der Waals surface area contributed by atoms with Crippen LogP contribution in [0.5, 0.6) is 17.2 Å². The number of carbonyl (C=O) groups excluding carboxylic acids is 1. The van der Waals surface area contributed by atoms with Crippen LogP contribution in [0.2, 0.25) is 0 Å². The Balaban J connectivity index is 1.44. The Bertz CT molecular complexity index is 1230. The number of nitrogens with zero attached hydrogens (tertiary/aromatic N) is 4. The number of carbonyl (C=O) groups is 1. The van der Waals surface area contributed by atoms with Gasteiger partial charge in [0.15, 0.2) is 23.0 Å². The summed E-state index contributed by atoms with van der Waals surface area (Å²) in [6, 6.07) is 12.3. The first kappa shape index (κ1) is 23.9. The lowest BCUT2D eigenvalue weighted by molar-refractivity contribution is -0.120. The standard InChI is InChI=1S/C24H26N6O5/c1-4-5-13-34-14-19(31)26-16-11-9-15(10-12-16)22-27-23-20(25)24(29-30(23)28-22)35-21-17(32-2)7-6-8-18(21)33-3/h6-12,25H,4-5,13-14H2,1-3H3,(H,26,31). The molecular formula is C24H26N6O5. The van der Waals surface area contributed by atoms with Gasteiger partial charge in [0, 0.05) is 17.9 Å². The molecule has 11 nitrogen and oxygen atoms in total. The lowest BCUT2D eigenvalue weighted by Crippen LogP contribution is -2.18. The molecule has 0 unspecified atom stereocenters. The fourth-order valence-corrected chi connectivity index (χ4v) is 3.28. The molecule has 1 aliphatic heterocycles. The summed E-state index contributed by atoms with van der Waals surface area (Å²) >= 11 is 0. The molecule has 0 radical (unpaired) electrons. The quantitative estimate of drug-likeness (QED) is 0.427. The van der Waals surface area contributed by atoms with Gasteiger partial charge in [-0.25, -0.2) is 4.98 Å². The topological polar surface area (TPSA) is 133 Å². The molecule has 2 N–H and O–H groups in total. The maximum Gasteiger partial charge on any atom is 0.268 e. The first-order chi connectivity index (χ1) is 17.0. The van der Waals surface area contributed by atoms with Crippen molar-refractivity contribution in [1.82, 2.24) is 14.9 Å². The highest BCUT2D eigenvalue weighted by atomic mass is 16.5. The summed E-state index contributed by atoms with van der Waals surface area (Å²) < 4.78 is 21.8. The molecule has 1 amide bonds. The van der Waals surface area contributed by atoms with E-state index in [1.54, 1.807) is 42.5 Å². The smallest absolute Gasteiger partial charge is 0.268 e. The molecule has 11 heteroatoms. The third-order valence-corrected chi connectivity index (χ3v) is 5.10. The Labute approximate surface area is 202 Å². The Morgan fingerprint density at radius 2 is 1.80 bits per heavy atom. The fraction of sp³-hybridized carbons (Fsp3) is 0.292. The SMILES string of the molecule is CCCCOCC(=O)Nc1ccc(-c2nc3n(n2)N=C(Oc2c(OC)cccc2OC)C3=N)cc1. The number of benzene rings is 2. The average Bonchev–Trinajstić information content (AvgIpc) is 3.41. The van der Waals surface area contributed by atoms with Gasteiger partial charge in [-0.1, -0.05) is 19.4 Å². The molecule has 0 fully saturated rings. The van der Waals surface area contributed by atoms with E-state index < -0.39 is 0 Å². The number of amides is 1. The molecule has 35 heavy (non-hydrogen) atoms. The number of hydrogen-bond acceptors (Lipinski definition) is 9. The number of para-hydroxylation sites is 1. The van der Waals surface area contributed by atoms with Gasteiger partial charge in [-0.05, 0) is 42.8 Å². The first-order valence-corrected chi connectivity index (χ1v) is 11.1. The van der Waals surface area contributed by atoms with Crippen LogP contribution in [-0.4, -0.2) is 59.8 Å². The third-order valence-electron chi connectivity index (χ3n) is 5.10. The highest BCUT2D eigenvalue weighted by molar-refractivity contribution is 6.45. The Hall–Kier alpha value is -4.25. The van der Waals surface area contributed by atoms with Crippen LogP contribution in [0.15, 0.2) is 47.6 Å². The summed E-state index contributed by atoms with van der Waals surface area (Å²) in [7, 11) is 3.03. The second-order valence-electron chi connectivity index (χ2n) is 7.55. The van der Waals surface area contributed by atoms with Crippen molar-refractivity contribution in [2.24, 2.45) is 5.10 Å². The normalized spacial score (nSPS) is 12.2. The number of aromatic nitrogens is 3. The lowest BCUT2D eigenvalue weighted by atomic mass is 10.2. The summed E-state index contributed by atoms with van der Waals surface area (Å²) in [6.07, 6.45) is 1.94. The Kier molecular flexibility index (Phi) is 7.36. The van der Waals surface area contributed by atoms with E-state index in [1.165, 1.54) is 19.0 Å². The summed E-state index contributed by atoms with van der Waals surface area (Å²) in [5.41, 5.74) is 1.32. The van der Waals surface area contributed by atoms with Crippen LogP contribution in [0, 0.1) is 5.41 Å². The number of fused-ring (bicyclic) bond motifs is 1. The minimum absolute atomic E-state index is 0.0162. The maximum atomic E-state index is 12.0. The highest BCUT2D eigenvalue weighted by Gasteiger charge is 2.29. The molecule has 0 bridgehead atoms. The van der Waals surface area contributed by atoms with E-state index in [-0.39, 0.29) is 29.9 Å². The molecule has 1 aromatic heterocycles. The maximum absolute atomic E-state index is 12.0. The summed E-state index contributed by atoms with van der Waals surface area (Å²) in [6.45, 7) is 2.65. The second-order valence-corrected chi connectivity index (χ2v) is 7.55. The average molecular weight is 479 g/mol. The van der Waals surface area contributed by atoms with Crippen molar-refractivity contribution in [1.29, 1.82) is 5.41 Å². The van der Waals surface area contributed by atoms with Crippen molar-refractivity contribution >= 4 is 23.2 Å². The summed E-state index contributed by atoms with van der Waals surface area (Å²) in [5.74, 6) is 1.63. The van der Waals surface area contributed by atoms with E-state index in [4.69, 9.17) is 24.4 Å². The van der Waals surface area contributed by atoms with Crippen LogP contribution in [-0.2, 0) is 9.53 Å². The molecule has 182 valence electrons. The number of unbranched alkanes of at least 4 members (excludes halogenated alkanes) is 1. The molecule has 2 heterocycles. The molecule has 4 rings (SSSR count). The van der Waals surface area contributed by atoms with Crippen molar-refractivity contribution in [2.45, 2.75) is 19.8 Å². The van der Waals surface area contributed by atoms with Crippen LogP contribution in [0.1, 0.15) is 25.6 Å². The Morgan fingerprint density at radius 3 is 2.43 bits per heavy atom. The molecule has 1 aliphatic rings. The molecular weight excluding hydrogens is 452 g/mol. The van der Waals surface area contributed by atoms with Gasteiger partial charge in [-0.15, -0.1) is 15.0 Å². The van der Waals surface area contributed by atoms with Crippen molar-refractivity contribution in [2.75, 3.05) is 32.8 Å². The zero-order valence-corrected chi connectivity index (χ0v) is 19.7.